The average Bonchev–Trinajstić information content (AvgIpc) is 3.06. The highest BCUT2D eigenvalue weighted by molar-refractivity contribution is 6.46. The molecule has 2 aromatic carbocycles. The van der Waals surface area contributed by atoms with Crippen molar-refractivity contribution in [2.24, 2.45) is 4.99 Å². The Hall–Kier alpha value is -3.42. The standard InChI is InChI=1S/C22H23FN4O3/c1-2-30-18-9-4-3-8-17(18)24-21(29)27-12-10-22(11-13-27)25-19(20(28)26-22)15-6-5-7-16(23)14-15/h3-9,14H,2,10-13H2,1H3,(H,24,29)(H,26,28). The van der Waals surface area contributed by atoms with Crippen molar-refractivity contribution >= 4 is 23.3 Å². The minimum atomic E-state index is -0.751. The zero-order valence-electron chi connectivity index (χ0n) is 16.7. The smallest absolute Gasteiger partial charge is 0.321 e. The molecule has 2 aliphatic rings. The van der Waals surface area contributed by atoms with Gasteiger partial charge < -0.3 is 20.3 Å². The van der Waals surface area contributed by atoms with Gasteiger partial charge in [-0.05, 0) is 31.2 Å². The number of nitrogens with one attached hydrogen (secondary N) is 2. The highest BCUT2D eigenvalue weighted by atomic mass is 19.1. The van der Waals surface area contributed by atoms with Crippen LogP contribution in [0.1, 0.15) is 25.3 Å². The van der Waals surface area contributed by atoms with E-state index in [1.807, 2.05) is 19.1 Å². The molecule has 30 heavy (non-hydrogen) atoms. The lowest BCUT2D eigenvalue weighted by atomic mass is 9.98. The van der Waals surface area contributed by atoms with Crippen molar-refractivity contribution in [1.82, 2.24) is 10.2 Å². The Bertz CT molecular complexity index is 999. The summed E-state index contributed by atoms with van der Waals surface area (Å²) in [4.78, 5) is 31.4. The molecule has 0 radical (unpaired) electrons. The topological polar surface area (TPSA) is 83.0 Å². The zero-order valence-corrected chi connectivity index (χ0v) is 16.7. The molecule has 2 aliphatic heterocycles. The Morgan fingerprint density at radius 1 is 1.23 bits per heavy atom. The maximum absolute atomic E-state index is 13.5. The molecule has 0 aromatic heterocycles. The largest absolute Gasteiger partial charge is 0.492 e. The molecule has 2 aromatic rings. The number of hydrogen-bond acceptors (Lipinski definition) is 4. The highest BCUT2D eigenvalue weighted by Crippen LogP contribution is 2.30. The van der Waals surface area contributed by atoms with Gasteiger partial charge in [0.2, 0.25) is 0 Å². The second-order valence-electron chi connectivity index (χ2n) is 7.30. The van der Waals surface area contributed by atoms with Crippen LogP contribution in [-0.4, -0.2) is 47.9 Å². The molecule has 0 bridgehead atoms. The van der Waals surface area contributed by atoms with Crippen molar-refractivity contribution < 1.29 is 18.7 Å². The van der Waals surface area contributed by atoms with Crippen molar-refractivity contribution in [3.05, 3.63) is 59.9 Å². The lowest BCUT2D eigenvalue weighted by Gasteiger charge is -2.37. The third kappa shape index (κ3) is 3.98. The number of anilines is 1. The lowest BCUT2D eigenvalue weighted by Crippen LogP contribution is -2.53. The first kappa shape index (κ1) is 19.9. The number of urea groups is 1. The lowest BCUT2D eigenvalue weighted by molar-refractivity contribution is -0.115. The molecule has 1 spiro atoms. The molecule has 3 amide bonds. The maximum Gasteiger partial charge on any atom is 0.321 e. The predicted octanol–water partition coefficient (Wildman–Crippen LogP) is 3.17. The number of para-hydroxylation sites is 2. The number of carbonyl (C=O) groups excluding carboxylic acids is 2. The molecule has 0 atom stereocenters. The van der Waals surface area contributed by atoms with Crippen molar-refractivity contribution in [3.8, 4) is 5.75 Å². The summed E-state index contributed by atoms with van der Waals surface area (Å²) in [5, 5.41) is 5.82. The summed E-state index contributed by atoms with van der Waals surface area (Å²) >= 11 is 0. The van der Waals surface area contributed by atoms with E-state index in [1.54, 1.807) is 29.2 Å². The number of halogens is 1. The monoisotopic (exact) mass is 410 g/mol. The summed E-state index contributed by atoms with van der Waals surface area (Å²) in [5.74, 6) is -0.110. The first-order valence-electron chi connectivity index (χ1n) is 9.96. The normalized spacial score (nSPS) is 17.5. The molecule has 7 nitrogen and oxygen atoms in total. The quantitative estimate of drug-likeness (QED) is 0.812. The first-order valence-corrected chi connectivity index (χ1v) is 9.96. The fourth-order valence-electron chi connectivity index (χ4n) is 3.76. The summed E-state index contributed by atoms with van der Waals surface area (Å²) < 4.78 is 19.1. The van der Waals surface area contributed by atoms with Crippen LogP contribution in [0.3, 0.4) is 0 Å². The predicted molar refractivity (Wildman–Crippen MR) is 111 cm³/mol. The van der Waals surface area contributed by atoms with Crippen LogP contribution >= 0.6 is 0 Å². The Balaban J connectivity index is 1.43. The van der Waals surface area contributed by atoms with Gasteiger partial charge in [-0.3, -0.25) is 9.79 Å². The third-order valence-corrected chi connectivity index (χ3v) is 5.29. The van der Waals surface area contributed by atoms with Gasteiger partial charge in [0.05, 0.1) is 12.3 Å². The number of likely N-dealkylation sites (tertiary alicyclic amines) is 1. The molecule has 1 saturated heterocycles. The molecular weight excluding hydrogens is 387 g/mol. The number of amides is 3. The highest BCUT2D eigenvalue weighted by Gasteiger charge is 2.43. The summed E-state index contributed by atoms with van der Waals surface area (Å²) in [6.07, 6.45) is 0.968. The van der Waals surface area contributed by atoms with Gasteiger partial charge in [0, 0.05) is 31.5 Å². The minimum Gasteiger partial charge on any atom is -0.492 e. The van der Waals surface area contributed by atoms with Crippen LogP contribution in [0.4, 0.5) is 14.9 Å². The molecule has 156 valence electrons. The third-order valence-electron chi connectivity index (χ3n) is 5.29. The number of benzene rings is 2. The number of piperidine rings is 1. The number of nitrogens with zero attached hydrogens (tertiary/aromatic N) is 2. The van der Waals surface area contributed by atoms with E-state index in [1.165, 1.54) is 12.1 Å². The van der Waals surface area contributed by atoms with Crippen LogP contribution in [0, 0.1) is 5.82 Å². The van der Waals surface area contributed by atoms with E-state index >= 15 is 0 Å². The molecule has 2 heterocycles. The molecule has 1 fully saturated rings. The number of ether oxygens (including phenoxy) is 1. The van der Waals surface area contributed by atoms with Gasteiger partial charge in [0.25, 0.3) is 5.91 Å². The van der Waals surface area contributed by atoms with Crippen LogP contribution in [-0.2, 0) is 4.79 Å². The van der Waals surface area contributed by atoms with Crippen molar-refractivity contribution in [2.45, 2.75) is 25.4 Å². The van der Waals surface area contributed by atoms with Crippen LogP contribution in [0.5, 0.6) is 5.75 Å². The molecular formula is C22H23FN4O3. The van der Waals surface area contributed by atoms with Gasteiger partial charge in [0.1, 0.15) is 22.9 Å². The van der Waals surface area contributed by atoms with Crippen molar-refractivity contribution in [3.63, 3.8) is 0 Å². The van der Waals surface area contributed by atoms with E-state index < -0.39 is 11.5 Å². The average molecular weight is 410 g/mol. The first-order chi connectivity index (χ1) is 14.5. The molecule has 8 heteroatoms. The molecule has 0 saturated carbocycles. The van der Waals surface area contributed by atoms with E-state index in [0.717, 1.165) is 0 Å². The van der Waals surface area contributed by atoms with Gasteiger partial charge in [0.15, 0.2) is 0 Å². The summed E-state index contributed by atoms with van der Waals surface area (Å²) in [5.41, 5.74) is 0.555. The van der Waals surface area contributed by atoms with Crippen molar-refractivity contribution in [1.29, 1.82) is 0 Å². The second kappa shape index (κ2) is 8.14. The van der Waals surface area contributed by atoms with Crippen LogP contribution in [0.2, 0.25) is 0 Å². The van der Waals surface area contributed by atoms with Gasteiger partial charge in [-0.15, -0.1) is 0 Å². The minimum absolute atomic E-state index is 0.226. The van der Waals surface area contributed by atoms with E-state index in [-0.39, 0.29) is 17.6 Å². The number of aliphatic imine (C=N–C) groups is 1. The molecule has 0 unspecified atom stereocenters. The number of rotatable bonds is 4. The van der Waals surface area contributed by atoms with Crippen LogP contribution in [0.15, 0.2) is 53.5 Å². The SMILES string of the molecule is CCOc1ccccc1NC(=O)N1CCC2(CC1)N=C(c1cccc(F)c1)C(=O)N2. The Morgan fingerprint density at radius 3 is 2.73 bits per heavy atom. The summed E-state index contributed by atoms with van der Waals surface area (Å²) in [6, 6.07) is 12.9. The van der Waals surface area contributed by atoms with E-state index in [2.05, 4.69) is 15.6 Å². The molecule has 4 rings (SSSR count). The molecule has 0 aliphatic carbocycles. The van der Waals surface area contributed by atoms with E-state index in [4.69, 9.17) is 4.74 Å². The Kier molecular flexibility index (Phi) is 5.39. The summed E-state index contributed by atoms with van der Waals surface area (Å²) in [7, 11) is 0. The number of hydrogen-bond donors (Lipinski definition) is 2. The molecule has 2 N–H and O–H groups in total. The van der Waals surface area contributed by atoms with Gasteiger partial charge in [-0.1, -0.05) is 24.3 Å². The zero-order chi connectivity index (χ0) is 21.1. The number of carbonyl (C=O) groups is 2. The van der Waals surface area contributed by atoms with Gasteiger partial charge in [-0.25, -0.2) is 9.18 Å². The fourth-order valence-corrected chi connectivity index (χ4v) is 3.76. The second-order valence-corrected chi connectivity index (χ2v) is 7.30. The van der Waals surface area contributed by atoms with Gasteiger partial charge in [-0.2, -0.15) is 0 Å². The Morgan fingerprint density at radius 2 is 2.00 bits per heavy atom. The fraction of sp³-hybridized carbons (Fsp3) is 0.318. The van der Waals surface area contributed by atoms with Crippen LogP contribution < -0.4 is 15.4 Å². The summed E-state index contributed by atoms with van der Waals surface area (Å²) in [6.45, 7) is 3.26. The van der Waals surface area contributed by atoms with Crippen LogP contribution in [0.25, 0.3) is 0 Å². The van der Waals surface area contributed by atoms with Crippen molar-refractivity contribution in [2.75, 3.05) is 25.0 Å². The van der Waals surface area contributed by atoms with E-state index in [0.29, 0.717) is 49.5 Å². The van der Waals surface area contributed by atoms with E-state index in [9.17, 15) is 14.0 Å². The Labute approximate surface area is 173 Å². The maximum atomic E-state index is 13.5. The van der Waals surface area contributed by atoms with Gasteiger partial charge >= 0.3 is 6.03 Å².